The number of carbonyl (C=O) groups is 1. The largest absolute Gasteiger partial charge is 0.368 e. The Morgan fingerprint density at radius 2 is 1.82 bits per heavy atom. The monoisotopic (exact) mass is 442 g/mol. The zero-order valence-electron chi connectivity index (χ0n) is 18.8. The van der Waals surface area contributed by atoms with Gasteiger partial charge in [0.2, 0.25) is 0 Å². The van der Waals surface area contributed by atoms with Crippen LogP contribution in [-0.2, 0) is 4.79 Å². The molecule has 1 aliphatic heterocycles. The fourth-order valence-electron chi connectivity index (χ4n) is 4.03. The molecular formula is C25H26N6O2. The summed E-state index contributed by atoms with van der Waals surface area (Å²) in [7, 11) is 0. The Morgan fingerprint density at radius 1 is 1.12 bits per heavy atom. The van der Waals surface area contributed by atoms with Gasteiger partial charge in [0.25, 0.3) is 11.5 Å². The number of aromatic nitrogens is 2. The Hall–Kier alpha value is -4.12. The van der Waals surface area contributed by atoms with Crippen molar-refractivity contribution >= 4 is 29.1 Å². The standard InChI is InChI=1S/C25H26N6O2/c1-3-27-24(32)19(17-26)16-21-23(28-22-18(2)8-7-11-31(22)25(21)33)30-14-12-29(13-15-30)20-9-5-4-6-10-20/h4-11,16H,3,12-15H2,1-2H3,(H,27,32)/b19-16+. The molecule has 0 spiro atoms. The van der Waals surface area contributed by atoms with Gasteiger partial charge in [-0.2, -0.15) is 5.26 Å². The van der Waals surface area contributed by atoms with E-state index in [-0.39, 0.29) is 16.7 Å². The zero-order chi connectivity index (χ0) is 23.4. The van der Waals surface area contributed by atoms with Gasteiger partial charge in [-0.3, -0.25) is 14.0 Å². The normalized spacial score (nSPS) is 14.3. The van der Waals surface area contributed by atoms with E-state index in [1.807, 2.05) is 37.3 Å². The van der Waals surface area contributed by atoms with Crippen LogP contribution in [0.4, 0.5) is 11.5 Å². The summed E-state index contributed by atoms with van der Waals surface area (Å²) >= 11 is 0. The van der Waals surface area contributed by atoms with Crippen LogP contribution in [0.25, 0.3) is 11.7 Å². The van der Waals surface area contributed by atoms with E-state index in [0.717, 1.165) is 24.3 Å². The third-order valence-corrected chi connectivity index (χ3v) is 5.76. The number of fused-ring (bicyclic) bond motifs is 1. The van der Waals surface area contributed by atoms with Crippen LogP contribution in [0.5, 0.6) is 0 Å². The molecule has 0 atom stereocenters. The molecule has 8 heteroatoms. The smallest absolute Gasteiger partial charge is 0.267 e. The first kappa shape index (κ1) is 22.1. The van der Waals surface area contributed by atoms with Crippen LogP contribution in [-0.4, -0.2) is 48.0 Å². The van der Waals surface area contributed by atoms with E-state index in [4.69, 9.17) is 4.98 Å². The summed E-state index contributed by atoms with van der Waals surface area (Å²) in [6.45, 7) is 6.93. The number of hydrogen-bond acceptors (Lipinski definition) is 6. The number of benzene rings is 1. The van der Waals surface area contributed by atoms with E-state index in [0.29, 0.717) is 31.1 Å². The van der Waals surface area contributed by atoms with Crippen LogP contribution < -0.4 is 20.7 Å². The molecule has 0 radical (unpaired) electrons. The number of aryl methyl sites for hydroxylation is 1. The number of para-hydroxylation sites is 1. The Balaban J connectivity index is 1.78. The highest BCUT2D eigenvalue weighted by Crippen LogP contribution is 2.23. The van der Waals surface area contributed by atoms with E-state index in [9.17, 15) is 14.9 Å². The molecule has 2 aromatic heterocycles. The summed E-state index contributed by atoms with van der Waals surface area (Å²) < 4.78 is 1.47. The van der Waals surface area contributed by atoms with Gasteiger partial charge in [-0.25, -0.2) is 4.98 Å². The number of nitriles is 1. The molecule has 33 heavy (non-hydrogen) atoms. The molecule has 1 N–H and O–H groups in total. The zero-order valence-corrected chi connectivity index (χ0v) is 18.8. The number of nitrogens with zero attached hydrogens (tertiary/aromatic N) is 5. The van der Waals surface area contributed by atoms with Crippen molar-refractivity contribution < 1.29 is 4.79 Å². The molecule has 0 aliphatic carbocycles. The summed E-state index contributed by atoms with van der Waals surface area (Å²) in [6, 6.07) is 15.8. The minimum absolute atomic E-state index is 0.118. The van der Waals surface area contributed by atoms with Crippen LogP contribution >= 0.6 is 0 Å². The number of nitrogens with one attached hydrogen (secondary N) is 1. The summed E-state index contributed by atoms with van der Waals surface area (Å²) in [6.07, 6.45) is 3.03. The van der Waals surface area contributed by atoms with Crippen molar-refractivity contribution in [3.8, 4) is 6.07 Å². The van der Waals surface area contributed by atoms with Crippen molar-refractivity contribution in [3.63, 3.8) is 0 Å². The van der Waals surface area contributed by atoms with Gasteiger partial charge < -0.3 is 15.1 Å². The summed E-state index contributed by atoms with van der Waals surface area (Å²) in [4.78, 5) is 35.0. The fraction of sp³-hybridized carbons (Fsp3) is 0.280. The van der Waals surface area contributed by atoms with Gasteiger partial charge in [-0.1, -0.05) is 24.3 Å². The maximum absolute atomic E-state index is 13.5. The highest BCUT2D eigenvalue weighted by molar-refractivity contribution is 6.02. The van der Waals surface area contributed by atoms with Crippen molar-refractivity contribution in [1.29, 1.82) is 5.26 Å². The summed E-state index contributed by atoms with van der Waals surface area (Å²) in [5.41, 5.74) is 2.42. The van der Waals surface area contributed by atoms with Crippen LogP contribution in [0, 0.1) is 18.3 Å². The first-order chi connectivity index (χ1) is 16.0. The molecule has 4 rings (SSSR count). The van der Waals surface area contributed by atoms with E-state index in [1.165, 1.54) is 10.5 Å². The van der Waals surface area contributed by atoms with Crippen LogP contribution in [0.1, 0.15) is 18.1 Å². The SMILES string of the molecule is CCNC(=O)/C(C#N)=C/c1c(N2CCN(c3ccccc3)CC2)nc2c(C)cccn2c1=O. The molecule has 1 fully saturated rings. The Kier molecular flexibility index (Phi) is 6.41. The van der Waals surface area contributed by atoms with Crippen LogP contribution in [0.3, 0.4) is 0 Å². The molecule has 1 saturated heterocycles. The van der Waals surface area contributed by atoms with Crippen molar-refractivity contribution in [1.82, 2.24) is 14.7 Å². The van der Waals surface area contributed by atoms with Crippen molar-refractivity contribution in [2.45, 2.75) is 13.8 Å². The second kappa shape index (κ2) is 9.57. The molecule has 0 bridgehead atoms. The highest BCUT2D eigenvalue weighted by Gasteiger charge is 2.24. The molecule has 168 valence electrons. The number of rotatable bonds is 5. The van der Waals surface area contributed by atoms with E-state index >= 15 is 0 Å². The number of carbonyl (C=O) groups excluding carboxylic acids is 1. The van der Waals surface area contributed by atoms with Crippen molar-refractivity contribution in [2.75, 3.05) is 42.5 Å². The lowest BCUT2D eigenvalue weighted by Gasteiger charge is -2.37. The second-order valence-corrected chi connectivity index (χ2v) is 7.88. The van der Waals surface area contributed by atoms with Gasteiger partial charge in [0, 0.05) is 44.6 Å². The number of amides is 1. The summed E-state index contributed by atoms with van der Waals surface area (Å²) in [5, 5.41) is 12.2. The average Bonchev–Trinajstić information content (AvgIpc) is 2.84. The van der Waals surface area contributed by atoms with Crippen LogP contribution in [0.2, 0.25) is 0 Å². The number of pyridine rings is 1. The van der Waals surface area contributed by atoms with Crippen molar-refractivity contribution in [2.24, 2.45) is 0 Å². The third kappa shape index (κ3) is 4.44. The number of piperazine rings is 1. The molecule has 0 saturated carbocycles. The lowest BCUT2D eigenvalue weighted by molar-refractivity contribution is -0.116. The van der Waals surface area contributed by atoms with Crippen molar-refractivity contribution in [3.05, 3.63) is 75.7 Å². The molecular weight excluding hydrogens is 416 g/mol. The third-order valence-electron chi connectivity index (χ3n) is 5.76. The van der Waals surface area contributed by atoms with Gasteiger partial charge in [0.05, 0.1) is 5.56 Å². The topological polar surface area (TPSA) is 93.7 Å². The Labute approximate surface area is 192 Å². The molecule has 1 amide bonds. The van der Waals surface area contributed by atoms with Gasteiger partial charge in [0.1, 0.15) is 23.1 Å². The number of likely N-dealkylation sites (N-methyl/N-ethyl adjacent to an activating group) is 1. The number of anilines is 2. The lowest BCUT2D eigenvalue weighted by atomic mass is 10.1. The van der Waals surface area contributed by atoms with Gasteiger partial charge in [0.15, 0.2) is 0 Å². The van der Waals surface area contributed by atoms with Gasteiger partial charge in [-0.05, 0) is 43.7 Å². The molecule has 3 aromatic rings. The van der Waals surface area contributed by atoms with Gasteiger partial charge >= 0.3 is 0 Å². The maximum Gasteiger partial charge on any atom is 0.267 e. The van der Waals surface area contributed by atoms with E-state index < -0.39 is 5.91 Å². The molecule has 1 aromatic carbocycles. The molecule has 8 nitrogen and oxygen atoms in total. The average molecular weight is 443 g/mol. The minimum atomic E-state index is -0.506. The Bertz CT molecular complexity index is 1300. The first-order valence-electron chi connectivity index (χ1n) is 11.0. The number of hydrogen-bond donors (Lipinski definition) is 1. The second-order valence-electron chi connectivity index (χ2n) is 7.88. The molecule has 3 heterocycles. The Morgan fingerprint density at radius 3 is 2.48 bits per heavy atom. The summed E-state index contributed by atoms with van der Waals surface area (Å²) in [5.74, 6) is -0.00681. The molecule has 1 aliphatic rings. The van der Waals surface area contributed by atoms with Crippen LogP contribution in [0.15, 0.2) is 59.0 Å². The van der Waals surface area contributed by atoms with Gasteiger partial charge in [-0.15, -0.1) is 0 Å². The predicted octanol–water partition coefficient (Wildman–Crippen LogP) is 2.37. The minimum Gasteiger partial charge on any atom is -0.368 e. The predicted molar refractivity (Wildman–Crippen MR) is 129 cm³/mol. The fourth-order valence-corrected chi connectivity index (χ4v) is 4.03. The maximum atomic E-state index is 13.5. The molecule has 0 unspecified atom stereocenters. The first-order valence-corrected chi connectivity index (χ1v) is 11.0. The lowest BCUT2D eigenvalue weighted by Crippen LogP contribution is -2.47. The van der Waals surface area contributed by atoms with E-state index in [2.05, 4.69) is 27.2 Å². The quantitative estimate of drug-likeness (QED) is 0.482. The highest BCUT2D eigenvalue weighted by atomic mass is 16.1. The van der Waals surface area contributed by atoms with E-state index in [1.54, 1.807) is 19.2 Å².